The van der Waals surface area contributed by atoms with Crippen molar-refractivity contribution in [2.24, 2.45) is 0 Å². The maximum absolute atomic E-state index is 13.1. The Kier molecular flexibility index (Phi) is 4.41. The van der Waals surface area contributed by atoms with E-state index in [9.17, 15) is 9.59 Å². The van der Waals surface area contributed by atoms with Gasteiger partial charge in [-0.25, -0.2) is 0 Å². The molecule has 1 aliphatic heterocycles. The molecule has 1 aliphatic carbocycles. The van der Waals surface area contributed by atoms with Crippen LogP contribution >= 0.6 is 11.8 Å². The molecule has 1 N–H and O–H groups in total. The van der Waals surface area contributed by atoms with Crippen LogP contribution in [0.2, 0.25) is 0 Å². The van der Waals surface area contributed by atoms with Gasteiger partial charge in [0.2, 0.25) is 11.8 Å². The van der Waals surface area contributed by atoms with E-state index in [2.05, 4.69) is 5.32 Å². The monoisotopic (exact) mass is 332 g/mol. The Morgan fingerprint density at radius 3 is 2.65 bits per heavy atom. The number of rotatable bonds is 3. The summed E-state index contributed by atoms with van der Waals surface area (Å²) in [6.45, 7) is 5.59. The lowest BCUT2D eigenvalue weighted by molar-refractivity contribution is -0.126. The molecule has 1 saturated carbocycles. The smallest absolute Gasteiger partial charge is 0.250 e. The molecule has 2 aliphatic rings. The first-order valence-corrected chi connectivity index (χ1v) is 9.25. The van der Waals surface area contributed by atoms with Gasteiger partial charge in [0.1, 0.15) is 5.54 Å². The van der Waals surface area contributed by atoms with E-state index in [1.54, 1.807) is 16.7 Å². The number of amides is 2. The van der Waals surface area contributed by atoms with Gasteiger partial charge in [0.15, 0.2) is 0 Å². The van der Waals surface area contributed by atoms with Crippen LogP contribution in [0.4, 0.5) is 11.4 Å². The molecule has 1 heterocycles. The second-order valence-electron chi connectivity index (χ2n) is 6.89. The summed E-state index contributed by atoms with van der Waals surface area (Å²) in [6.07, 6.45) is 4.92. The zero-order chi connectivity index (χ0) is 16.6. The van der Waals surface area contributed by atoms with Gasteiger partial charge in [-0.1, -0.05) is 25.0 Å². The van der Waals surface area contributed by atoms with E-state index < -0.39 is 5.54 Å². The summed E-state index contributed by atoms with van der Waals surface area (Å²) < 4.78 is 0. The normalized spacial score (nSPS) is 21.7. The van der Waals surface area contributed by atoms with Crippen molar-refractivity contribution in [3.8, 4) is 0 Å². The SMILES string of the molecule is C[C@@H](SC1CCCC1)C(=O)N1c2ccccc2NC(=O)C1(C)C. The lowest BCUT2D eigenvalue weighted by Crippen LogP contribution is -2.60. The molecule has 1 aromatic rings. The lowest BCUT2D eigenvalue weighted by Gasteiger charge is -2.43. The highest BCUT2D eigenvalue weighted by Crippen LogP contribution is 2.39. The average Bonchev–Trinajstić information content (AvgIpc) is 3.00. The summed E-state index contributed by atoms with van der Waals surface area (Å²) in [5.41, 5.74) is 0.625. The molecule has 23 heavy (non-hydrogen) atoms. The highest BCUT2D eigenvalue weighted by atomic mass is 32.2. The van der Waals surface area contributed by atoms with Gasteiger partial charge in [-0.15, -0.1) is 11.8 Å². The summed E-state index contributed by atoms with van der Waals surface area (Å²) in [5.74, 6) is -0.114. The highest BCUT2D eigenvalue weighted by Gasteiger charge is 2.45. The van der Waals surface area contributed by atoms with Gasteiger partial charge >= 0.3 is 0 Å². The lowest BCUT2D eigenvalue weighted by atomic mass is 9.96. The van der Waals surface area contributed by atoms with Crippen molar-refractivity contribution in [1.29, 1.82) is 0 Å². The van der Waals surface area contributed by atoms with Crippen LogP contribution in [0.25, 0.3) is 0 Å². The van der Waals surface area contributed by atoms with Gasteiger partial charge in [-0.2, -0.15) is 0 Å². The molecule has 5 heteroatoms. The van der Waals surface area contributed by atoms with Crippen molar-refractivity contribution in [3.05, 3.63) is 24.3 Å². The third-order valence-electron chi connectivity index (χ3n) is 4.77. The van der Waals surface area contributed by atoms with Gasteiger partial charge in [-0.3, -0.25) is 14.5 Å². The second kappa shape index (κ2) is 6.19. The minimum atomic E-state index is -0.879. The van der Waals surface area contributed by atoms with Crippen LogP contribution in [-0.2, 0) is 9.59 Å². The van der Waals surface area contributed by atoms with Crippen molar-refractivity contribution in [3.63, 3.8) is 0 Å². The number of benzene rings is 1. The first-order valence-electron chi connectivity index (χ1n) is 8.31. The summed E-state index contributed by atoms with van der Waals surface area (Å²) >= 11 is 1.76. The molecule has 0 saturated heterocycles. The second-order valence-corrected chi connectivity index (χ2v) is 8.53. The number of anilines is 2. The number of hydrogen-bond acceptors (Lipinski definition) is 3. The number of para-hydroxylation sites is 2. The standard InChI is InChI=1S/C18H24N2O2S/c1-12(23-13-8-4-5-9-13)16(21)20-15-11-7-6-10-14(15)19-17(22)18(20,2)3/h6-7,10-13H,4-5,8-9H2,1-3H3,(H,19,22)/t12-/m1/s1. The fourth-order valence-electron chi connectivity index (χ4n) is 3.40. The van der Waals surface area contributed by atoms with Crippen LogP contribution < -0.4 is 10.2 Å². The Balaban J connectivity index is 1.88. The Bertz CT molecular complexity index is 623. The number of thioether (sulfide) groups is 1. The molecular weight excluding hydrogens is 308 g/mol. The Morgan fingerprint density at radius 2 is 1.96 bits per heavy atom. The molecule has 124 valence electrons. The average molecular weight is 332 g/mol. The van der Waals surface area contributed by atoms with E-state index in [1.807, 2.05) is 45.0 Å². The predicted molar refractivity (Wildman–Crippen MR) is 95.9 cm³/mol. The first-order chi connectivity index (χ1) is 10.9. The number of carbonyl (C=O) groups excluding carboxylic acids is 2. The minimum absolute atomic E-state index is 0.0224. The van der Waals surface area contributed by atoms with Gasteiger partial charge in [0.05, 0.1) is 16.6 Å². The fraction of sp³-hybridized carbons (Fsp3) is 0.556. The first kappa shape index (κ1) is 16.4. The number of carbonyl (C=O) groups is 2. The topological polar surface area (TPSA) is 49.4 Å². The van der Waals surface area contributed by atoms with Crippen molar-refractivity contribution in [1.82, 2.24) is 0 Å². The molecular formula is C18H24N2O2S. The van der Waals surface area contributed by atoms with E-state index in [-0.39, 0.29) is 17.1 Å². The zero-order valence-corrected chi connectivity index (χ0v) is 14.8. The summed E-state index contributed by atoms with van der Waals surface area (Å²) in [6, 6.07) is 7.52. The quantitative estimate of drug-likeness (QED) is 0.915. The molecule has 1 aromatic carbocycles. The van der Waals surface area contributed by atoms with Gasteiger partial charge in [-0.05, 0) is 45.7 Å². The van der Waals surface area contributed by atoms with Crippen molar-refractivity contribution < 1.29 is 9.59 Å². The van der Waals surface area contributed by atoms with Crippen LogP contribution in [0.5, 0.6) is 0 Å². The van der Waals surface area contributed by atoms with Crippen molar-refractivity contribution in [2.75, 3.05) is 10.2 Å². The molecule has 2 amide bonds. The van der Waals surface area contributed by atoms with Crippen LogP contribution in [0.1, 0.15) is 46.5 Å². The molecule has 0 bridgehead atoms. The predicted octanol–water partition coefficient (Wildman–Crippen LogP) is 3.81. The zero-order valence-electron chi connectivity index (χ0n) is 14.0. The molecule has 4 nitrogen and oxygen atoms in total. The molecule has 1 atom stereocenters. The van der Waals surface area contributed by atoms with E-state index in [4.69, 9.17) is 0 Å². The van der Waals surface area contributed by atoms with Crippen LogP contribution in [0.15, 0.2) is 24.3 Å². The Hall–Kier alpha value is -1.49. The number of nitrogens with one attached hydrogen (secondary N) is 1. The summed E-state index contributed by atoms with van der Waals surface area (Å²) in [5, 5.41) is 3.34. The molecule has 0 unspecified atom stereocenters. The van der Waals surface area contributed by atoms with Crippen LogP contribution in [-0.4, -0.2) is 27.9 Å². The molecule has 1 fully saturated rings. The van der Waals surface area contributed by atoms with Gasteiger partial charge in [0, 0.05) is 5.25 Å². The molecule has 0 radical (unpaired) electrons. The Labute approximate surface area is 142 Å². The van der Waals surface area contributed by atoms with E-state index in [0.29, 0.717) is 10.9 Å². The van der Waals surface area contributed by atoms with Crippen molar-refractivity contribution >= 4 is 35.0 Å². The number of hydrogen-bond donors (Lipinski definition) is 1. The number of fused-ring (bicyclic) bond motifs is 1. The fourth-order valence-corrected chi connectivity index (χ4v) is 4.80. The molecule has 3 rings (SSSR count). The van der Waals surface area contributed by atoms with E-state index >= 15 is 0 Å². The van der Waals surface area contributed by atoms with Crippen molar-refractivity contribution in [2.45, 2.75) is 62.5 Å². The van der Waals surface area contributed by atoms with Gasteiger partial charge < -0.3 is 5.32 Å². The number of nitrogens with zero attached hydrogens (tertiary/aromatic N) is 1. The third kappa shape index (κ3) is 2.99. The maximum atomic E-state index is 13.1. The summed E-state index contributed by atoms with van der Waals surface area (Å²) in [4.78, 5) is 27.3. The third-order valence-corrected chi connectivity index (χ3v) is 6.24. The minimum Gasteiger partial charge on any atom is -0.322 e. The van der Waals surface area contributed by atoms with Crippen LogP contribution in [0, 0.1) is 0 Å². The largest absolute Gasteiger partial charge is 0.322 e. The highest BCUT2D eigenvalue weighted by molar-refractivity contribution is 8.01. The van der Waals surface area contributed by atoms with E-state index in [0.717, 1.165) is 5.69 Å². The maximum Gasteiger partial charge on any atom is 0.250 e. The summed E-state index contributed by atoms with van der Waals surface area (Å²) in [7, 11) is 0. The molecule has 0 aromatic heterocycles. The van der Waals surface area contributed by atoms with Gasteiger partial charge in [0.25, 0.3) is 0 Å². The molecule has 0 spiro atoms. The Morgan fingerprint density at radius 1 is 1.30 bits per heavy atom. The van der Waals surface area contributed by atoms with Crippen LogP contribution in [0.3, 0.4) is 0 Å². The van der Waals surface area contributed by atoms with E-state index in [1.165, 1.54) is 25.7 Å².